The second kappa shape index (κ2) is 9.42. The molecule has 0 spiro atoms. The molecular formula is C18H23ClN2O4. The molecule has 1 fully saturated rings. The Labute approximate surface area is 152 Å². The zero-order valence-electron chi connectivity index (χ0n) is 14.3. The first-order valence-electron chi connectivity index (χ1n) is 8.45. The normalized spacial score (nSPS) is 14.6. The molecule has 0 heterocycles. The second-order valence-corrected chi connectivity index (χ2v) is 6.66. The predicted molar refractivity (Wildman–Crippen MR) is 95.4 cm³/mol. The molecule has 1 saturated carbocycles. The molecule has 0 saturated heterocycles. The topological polar surface area (TPSA) is 84.5 Å². The molecule has 0 unspecified atom stereocenters. The van der Waals surface area contributed by atoms with E-state index in [-0.39, 0.29) is 18.4 Å². The van der Waals surface area contributed by atoms with Gasteiger partial charge in [0.25, 0.3) is 5.91 Å². The molecule has 2 N–H and O–H groups in total. The standard InChI is InChI=1S/C18H23ClN2O4/c1-12-7-8-14(19)9-15(12)21-16(22)11-25-17(23)10-20-18(24)13-5-3-2-4-6-13/h7-9,13H,2-6,10-11H2,1H3,(H,20,24)(H,21,22). The van der Waals surface area contributed by atoms with Crippen LogP contribution in [0.15, 0.2) is 18.2 Å². The van der Waals surface area contributed by atoms with Crippen molar-refractivity contribution in [2.75, 3.05) is 18.5 Å². The molecule has 136 valence electrons. The quantitative estimate of drug-likeness (QED) is 0.758. The van der Waals surface area contributed by atoms with Gasteiger partial charge in [0.15, 0.2) is 6.61 Å². The third kappa shape index (κ3) is 6.38. The summed E-state index contributed by atoms with van der Waals surface area (Å²) in [5.74, 6) is -1.23. The maximum absolute atomic E-state index is 11.9. The lowest BCUT2D eigenvalue weighted by Gasteiger charge is -2.20. The van der Waals surface area contributed by atoms with E-state index in [0.29, 0.717) is 10.7 Å². The summed E-state index contributed by atoms with van der Waals surface area (Å²) in [4.78, 5) is 35.5. The average molecular weight is 367 g/mol. The monoisotopic (exact) mass is 366 g/mol. The van der Waals surface area contributed by atoms with Crippen LogP contribution in [0, 0.1) is 12.8 Å². The molecule has 0 bridgehead atoms. The molecule has 0 radical (unpaired) electrons. The van der Waals surface area contributed by atoms with Crippen molar-refractivity contribution < 1.29 is 19.1 Å². The summed E-state index contributed by atoms with van der Waals surface area (Å²) in [6.45, 7) is 1.20. The van der Waals surface area contributed by atoms with E-state index < -0.39 is 18.5 Å². The summed E-state index contributed by atoms with van der Waals surface area (Å²) < 4.78 is 4.89. The molecule has 25 heavy (non-hydrogen) atoms. The first kappa shape index (κ1) is 19.2. The molecule has 2 amide bonds. The number of aryl methyl sites for hydroxylation is 1. The van der Waals surface area contributed by atoms with Gasteiger partial charge >= 0.3 is 5.97 Å². The number of carbonyl (C=O) groups is 3. The molecular weight excluding hydrogens is 344 g/mol. The van der Waals surface area contributed by atoms with Gasteiger partial charge in [0.2, 0.25) is 5.91 Å². The van der Waals surface area contributed by atoms with E-state index in [2.05, 4.69) is 10.6 Å². The number of anilines is 1. The highest BCUT2D eigenvalue weighted by atomic mass is 35.5. The van der Waals surface area contributed by atoms with Crippen LogP contribution in [0.5, 0.6) is 0 Å². The van der Waals surface area contributed by atoms with Crippen LogP contribution in [0.25, 0.3) is 0 Å². The highest BCUT2D eigenvalue weighted by Gasteiger charge is 2.21. The van der Waals surface area contributed by atoms with Gasteiger partial charge in [-0.25, -0.2) is 0 Å². The minimum atomic E-state index is -0.637. The van der Waals surface area contributed by atoms with Gasteiger partial charge < -0.3 is 15.4 Å². The van der Waals surface area contributed by atoms with Crippen LogP contribution in [0.4, 0.5) is 5.69 Å². The number of amides is 2. The zero-order chi connectivity index (χ0) is 18.2. The van der Waals surface area contributed by atoms with Crippen LogP contribution in [-0.2, 0) is 19.1 Å². The maximum atomic E-state index is 11.9. The van der Waals surface area contributed by atoms with Gasteiger partial charge in [-0.2, -0.15) is 0 Å². The number of benzene rings is 1. The van der Waals surface area contributed by atoms with Crippen molar-refractivity contribution in [2.45, 2.75) is 39.0 Å². The summed E-state index contributed by atoms with van der Waals surface area (Å²) in [5, 5.41) is 5.72. The molecule has 7 heteroatoms. The van der Waals surface area contributed by atoms with E-state index in [0.717, 1.165) is 37.7 Å². The average Bonchev–Trinajstić information content (AvgIpc) is 2.61. The van der Waals surface area contributed by atoms with Gasteiger partial charge in [-0.15, -0.1) is 0 Å². The summed E-state index contributed by atoms with van der Waals surface area (Å²) in [5.41, 5.74) is 1.42. The maximum Gasteiger partial charge on any atom is 0.325 e. The van der Waals surface area contributed by atoms with Gasteiger partial charge in [-0.3, -0.25) is 14.4 Å². The summed E-state index contributed by atoms with van der Waals surface area (Å²) in [6, 6.07) is 5.13. The Bertz CT molecular complexity index is 642. The summed E-state index contributed by atoms with van der Waals surface area (Å²) in [7, 11) is 0. The summed E-state index contributed by atoms with van der Waals surface area (Å²) >= 11 is 5.89. The van der Waals surface area contributed by atoms with Crippen molar-refractivity contribution >= 4 is 35.1 Å². The molecule has 6 nitrogen and oxygen atoms in total. The van der Waals surface area contributed by atoms with Crippen LogP contribution >= 0.6 is 11.6 Å². The van der Waals surface area contributed by atoms with Crippen molar-refractivity contribution in [1.29, 1.82) is 0 Å². The van der Waals surface area contributed by atoms with Gasteiger partial charge in [0, 0.05) is 16.6 Å². The molecule has 1 aliphatic carbocycles. The predicted octanol–water partition coefficient (Wildman–Crippen LogP) is 2.83. The second-order valence-electron chi connectivity index (χ2n) is 6.22. The van der Waals surface area contributed by atoms with Crippen molar-refractivity contribution in [3.05, 3.63) is 28.8 Å². The number of nitrogens with one attached hydrogen (secondary N) is 2. The van der Waals surface area contributed by atoms with Crippen molar-refractivity contribution in [2.24, 2.45) is 5.92 Å². The molecule has 1 aromatic rings. The van der Waals surface area contributed by atoms with Crippen LogP contribution < -0.4 is 10.6 Å². The molecule has 0 aromatic heterocycles. The fourth-order valence-corrected chi connectivity index (χ4v) is 2.95. The number of esters is 1. The van der Waals surface area contributed by atoms with Crippen molar-refractivity contribution in [1.82, 2.24) is 5.32 Å². The van der Waals surface area contributed by atoms with E-state index in [1.54, 1.807) is 18.2 Å². The third-order valence-electron chi connectivity index (χ3n) is 4.22. The highest BCUT2D eigenvalue weighted by molar-refractivity contribution is 6.31. The Kier molecular flexibility index (Phi) is 7.25. The van der Waals surface area contributed by atoms with E-state index >= 15 is 0 Å². The first-order valence-corrected chi connectivity index (χ1v) is 8.83. The van der Waals surface area contributed by atoms with Gasteiger partial charge in [-0.05, 0) is 37.5 Å². The molecule has 2 rings (SSSR count). The SMILES string of the molecule is Cc1ccc(Cl)cc1NC(=O)COC(=O)CNC(=O)C1CCCCC1. The first-order chi connectivity index (χ1) is 12.0. The number of halogens is 1. The fourth-order valence-electron chi connectivity index (χ4n) is 2.78. The number of hydrogen-bond acceptors (Lipinski definition) is 4. The van der Waals surface area contributed by atoms with E-state index in [1.807, 2.05) is 6.92 Å². The van der Waals surface area contributed by atoms with Crippen molar-refractivity contribution in [3.63, 3.8) is 0 Å². The minimum Gasteiger partial charge on any atom is -0.454 e. The lowest BCUT2D eigenvalue weighted by atomic mass is 9.89. The van der Waals surface area contributed by atoms with Gasteiger partial charge in [0.1, 0.15) is 6.54 Å². The minimum absolute atomic E-state index is 0.0179. The number of rotatable bonds is 6. The molecule has 0 aliphatic heterocycles. The Morgan fingerprint density at radius 1 is 1.20 bits per heavy atom. The number of ether oxygens (including phenoxy) is 1. The van der Waals surface area contributed by atoms with Crippen molar-refractivity contribution in [3.8, 4) is 0 Å². The van der Waals surface area contributed by atoms with E-state index in [4.69, 9.17) is 16.3 Å². The smallest absolute Gasteiger partial charge is 0.325 e. The van der Waals surface area contributed by atoms with Crippen LogP contribution in [-0.4, -0.2) is 30.9 Å². The van der Waals surface area contributed by atoms with Crippen LogP contribution in [0.1, 0.15) is 37.7 Å². The largest absolute Gasteiger partial charge is 0.454 e. The van der Waals surface area contributed by atoms with E-state index in [9.17, 15) is 14.4 Å². The van der Waals surface area contributed by atoms with Crippen LogP contribution in [0.2, 0.25) is 5.02 Å². The molecule has 0 atom stereocenters. The fraction of sp³-hybridized carbons (Fsp3) is 0.500. The molecule has 1 aliphatic rings. The lowest BCUT2D eigenvalue weighted by molar-refractivity contribution is -0.147. The Morgan fingerprint density at radius 3 is 2.64 bits per heavy atom. The molecule has 1 aromatic carbocycles. The van der Waals surface area contributed by atoms with Crippen LogP contribution in [0.3, 0.4) is 0 Å². The van der Waals surface area contributed by atoms with Gasteiger partial charge in [-0.1, -0.05) is 36.9 Å². The van der Waals surface area contributed by atoms with E-state index in [1.165, 1.54) is 0 Å². The lowest BCUT2D eigenvalue weighted by Crippen LogP contribution is -2.36. The Hall–Kier alpha value is -2.08. The third-order valence-corrected chi connectivity index (χ3v) is 4.46. The summed E-state index contributed by atoms with van der Waals surface area (Å²) in [6.07, 6.45) is 4.98. The number of carbonyl (C=O) groups excluding carboxylic acids is 3. The zero-order valence-corrected chi connectivity index (χ0v) is 15.0. The van der Waals surface area contributed by atoms with Gasteiger partial charge in [0.05, 0.1) is 0 Å². The Balaban J connectivity index is 1.69. The highest BCUT2D eigenvalue weighted by Crippen LogP contribution is 2.23. The number of hydrogen-bond donors (Lipinski definition) is 2. The Morgan fingerprint density at radius 2 is 1.92 bits per heavy atom.